The Bertz CT molecular complexity index is 1170. The number of carbonyl (C=O) groups is 3. The molecule has 1 saturated carbocycles. The second-order valence-electron chi connectivity index (χ2n) is 13.9. The average molecular weight is 599 g/mol. The Morgan fingerprint density at radius 1 is 1.00 bits per heavy atom. The third-order valence-electron chi connectivity index (χ3n) is 9.83. The number of ether oxygens (including phenoxy) is 1. The van der Waals surface area contributed by atoms with Crippen LogP contribution >= 0.6 is 0 Å². The Balaban J connectivity index is 1.60. The second-order valence-corrected chi connectivity index (χ2v) is 13.9. The maximum Gasteiger partial charge on any atom is 0.243 e. The van der Waals surface area contributed by atoms with Gasteiger partial charge in [0.1, 0.15) is 17.9 Å². The summed E-state index contributed by atoms with van der Waals surface area (Å²) < 4.78 is 20.2. The molecule has 1 heterocycles. The molecular formula is C34H51FN4O4. The summed E-state index contributed by atoms with van der Waals surface area (Å²) in [6, 6.07) is 3.85. The summed E-state index contributed by atoms with van der Waals surface area (Å²) in [4.78, 5) is 42.1. The predicted octanol–water partition coefficient (Wildman–Crippen LogP) is 3.99. The molecule has 4 rings (SSSR count). The van der Waals surface area contributed by atoms with E-state index in [1.54, 1.807) is 26.1 Å². The zero-order valence-corrected chi connectivity index (χ0v) is 26.8. The van der Waals surface area contributed by atoms with Crippen molar-refractivity contribution in [3.05, 3.63) is 47.8 Å². The number of benzene rings is 1. The van der Waals surface area contributed by atoms with E-state index in [1.165, 1.54) is 17.0 Å². The van der Waals surface area contributed by atoms with E-state index in [-0.39, 0.29) is 35.4 Å². The van der Waals surface area contributed by atoms with Crippen LogP contribution in [0.3, 0.4) is 0 Å². The van der Waals surface area contributed by atoms with Gasteiger partial charge in [0.2, 0.25) is 17.7 Å². The van der Waals surface area contributed by atoms with Crippen molar-refractivity contribution in [2.45, 2.75) is 96.9 Å². The number of hydrogen-bond donors (Lipinski definition) is 3. The first kappa shape index (κ1) is 33.1. The summed E-state index contributed by atoms with van der Waals surface area (Å²) in [5, 5.41) is 9.39. The number of allylic oxidation sites excluding steroid dienone is 1. The molecule has 0 radical (unpaired) electrons. The van der Waals surface area contributed by atoms with Gasteiger partial charge in [-0.05, 0) is 74.0 Å². The molecule has 9 heteroatoms. The third-order valence-corrected chi connectivity index (χ3v) is 9.83. The number of nitrogens with one attached hydrogen (secondary N) is 3. The van der Waals surface area contributed by atoms with Crippen molar-refractivity contribution in [1.82, 2.24) is 20.9 Å². The highest BCUT2D eigenvalue weighted by atomic mass is 19.1. The molecule has 2 aliphatic carbocycles. The monoisotopic (exact) mass is 598 g/mol. The molecule has 1 aliphatic heterocycles. The van der Waals surface area contributed by atoms with Crippen molar-refractivity contribution in [2.24, 2.45) is 23.2 Å². The van der Waals surface area contributed by atoms with Crippen molar-refractivity contribution in [2.75, 3.05) is 26.7 Å². The van der Waals surface area contributed by atoms with Crippen LogP contribution in [0, 0.1) is 29.0 Å². The molecule has 2 fully saturated rings. The number of hydrogen-bond acceptors (Lipinski definition) is 5. The molecule has 0 aromatic heterocycles. The molecule has 0 spiro atoms. The largest absolute Gasteiger partial charge is 0.370 e. The van der Waals surface area contributed by atoms with Crippen LogP contribution in [0.15, 0.2) is 36.4 Å². The molecule has 4 unspecified atom stereocenters. The number of amides is 3. The molecule has 1 aromatic carbocycles. The lowest BCUT2D eigenvalue weighted by molar-refractivity contribution is -0.141. The van der Waals surface area contributed by atoms with Crippen LogP contribution in [-0.2, 0) is 25.5 Å². The summed E-state index contributed by atoms with van der Waals surface area (Å²) in [6.07, 6.45) is 9.27. The van der Waals surface area contributed by atoms with E-state index >= 15 is 0 Å². The van der Waals surface area contributed by atoms with Crippen LogP contribution in [0.1, 0.15) is 72.3 Å². The molecule has 0 bridgehead atoms. The van der Waals surface area contributed by atoms with Crippen LogP contribution in [0.5, 0.6) is 0 Å². The van der Waals surface area contributed by atoms with Gasteiger partial charge in [0, 0.05) is 26.6 Å². The maximum atomic E-state index is 13.7. The van der Waals surface area contributed by atoms with Gasteiger partial charge < -0.3 is 25.6 Å². The second kappa shape index (κ2) is 13.9. The standard InChI is InChI=1S/C34H51FN4O4/c1-22-13-14-34(5)29(19-22)33(3,4)15-16-37-31(41)27(20-25-9-11-26(35)12-10-25)38-30(40)23(2)39(6)32(42)28(21-24-7-8-24)36-17-18-43-34/h9-14,22-24,27-29,36H,7-8,15-21H2,1-6H3,(H,37,41)(H,38,40)/t22?,23-,27-,28?,29?,34?/m1/s1. The molecule has 3 aliphatic rings. The highest BCUT2D eigenvalue weighted by Crippen LogP contribution is 2.46. The van der Waals surface area contributed by atoms with Crippen molar-refractivity contribution < 1.29 is 23.5 Å². The van der Waals surface area contributed by atoms with Crippen molar-refractivity contribution in [1.29, 1.82) is 0 Å². The first-order chi connectivity index (χ1) is 20.3. The molecule has 43 heavy (non-hydrogen) atoms. The number of nitrogens with zero attached hydrogens (tertiary/aromatic N) is 1. The fourth-order valence-electron chi connectivity index (χ4n) is 6.64. The number of halogens is 1. The predicted molar refractivity (Wildman–Crippen MR) is 166 cm³/mol. The van der Waals surface area contributed by atoms with Gasteiger partial charge in [-0.15, -0.1) is 0 Å². The molecule has 8 nitrogen and oxygen atoms in total. The van der Waals surface area contributed by atoms with E-state index in [4.69, 9.17) is 4.74 Å². The van der Waals surface area contributed by atoms with Gasteiger partial charge in [-0.1, -0.05) is 57.9 Å². The lowest BCUT2D eigenvalue weighted by Gasteiger charge is -2.48. The highest BCUT2D eigenvalue weighted by molar-refractivity contribution is 5.93. The van der Waals surface area contributed by atoms with Crippen LogP contribution < -0.4 is 16.0 Å². The van der Waals surface area contributed by atoms with Crippen molar-refractivity contribution in [3.8, 4) is 0 Å². The maximum absolute atomic E-state index is 13.7. The molecule has 238 valence electrons. The van der Waals surface area contributed by atoms with Gasteiger partial charge in [0.25, 0.3) is 0 Å². The summed E-state index contributed by atoms with van der Waals surface area (Å²) >= 11 is 0. The smallest absolute Gasteiger partial charge is 0.243 e. The summed E-state index contributed by atoms with van der Waals surface area (Å²) in [7, 11) is 1.64. The average Bonchev–Trinajstić information content (AvgIpc) is 3.79. The summed E-state index contributed by atoms with van der Waals surface area (Å²) in [5.74, 6) is -0.0953. The minimum Gasteiger partial charge on any atom is -0.370 e. The normalized spacial score (nSPS) is 33.1. The lowest BCUT2D eigenvalue weighted by atomic mass is 9.62. The SMILES string of the molecule is CC1C=CC2(C)OCCNC(CC3CC3)C(=O)N(C)[C@H](C)C(=O)N[C@H](Cc3ccc(F)cc3)C(=O)NCCC(C)(C)C2C1. The van der Waals surface area contributed by atoms with E-state index in [0.717, 1.165) is 37.7 Å². The zero-order chi connectivity index (χ0) is 31.4. The summed E-state index contributed by atoms with van der Waals surface area (Å²) in [5.41, 5.74) is 0.0937. The fourth-order valence-corrected chi connectivity index (χ4v) is 6.64. The molecule has 1 aromatic rings. The van der Waals surface area contributed by atoms with E-state index in [2.05, 4.69) is 55.8 Å². The first-order valence-electron chi connectivity index (χ1n) is 15.9. The molecule has 3 N–H and O–H groups in total. The van der Waals surface area contributed by atoms with Gasteiger partial charge >= 0.3 is 0 Å². The van der Waals surface area contributed by atoms with Gasteiger partial charge in [-0.25, -0.2) is 4.39 Å². The Morgan fingerprint density at radius 2 is 1.70 bits per heavy atom. The van der Waals surface area contributed by atoms with Crippen LogP contribution in [0.2, 0.25) is 0 Å². The van der Waals surface area contributed by atoms with Gasteiger partial charge in [-0.3, -0.25) is 14.4 Å². The van der Waals surface area contributed by atoms with E-state index in [9.17, 15) is 18.8 Å². The highest BCUT2D eigenvalue weighted by Gasteiger charge is 2.45. The number of carbonyl (C=O) groups excluding carboxylic acids is 3. The Morgan fingerprint density at radius 3 is 2.37 bits per heavy atom. The van der Waals surface area contributed by atoms with E-state index in [1.807, 2.05) is 0 Å². The Hall–Kier alpha value is -2.78. The molecular weight excluding hydrogens is 547 g/mol. The van der Waals surface area contributed by atoms with E-state index in [0.29, 0.717) is 31.5 Å². The van der Waals surface area contributed by atoms with Gasteiger partial charge in [0.15, 0.2) is 0 Å². The number of rotatable bonds is 4. The van der Waals surface area contributed by atoms with Crippen molar-refractivity contribution >= 4 is 17.7 Å². The Labute approximate surface area is 256 Å². The summed E-state index contributed by atoms with van der Waals surface area (Å²) in [6.45, 7) is 11.9. The zero-order valence-electron chi connectivity index (χ0n) is 26.8. The molecule has 1 saturated heterocycles. The van der Waals surface area contributed by atoms with Crippen LogP contribution in [-0.4, -0.2) is 73.1 Å². The minimum absolute atomic E-state index is 0.146. The number of likely N-dealkylation sites (N-methyl/N-ethyl adjacent to an activating group) is 1. The van der Waals surface area contributed by atoms with Crippen LogP contribution in [0.25, 0.3) is 0 Å². The molecule has 6 atom stereocenters. The topological polar surface area (TPSA) is 99.8 Å². The first-order valence-corrected chi connectivity index (χ1v) is 15.9. The van der Waals surface area contributed by atoms with Gasteiger partial charge in [0.05, 0.1) is 18.2 Å². The third kappa shape index (κ3) is 8.66. The molecule has 3 amide bonds. The van der Waals surface area contributed by atoms with Crippen LogP contribution in [0.4, 0.5) is 4.39 Å². The minimum atomic E-state index is -0.877. The Kier molecular flexibility index (Phi) is 10.7. The van der Waals surface area contributed by atoms with Crippen molar-refractivity contribution in [3.63, 3.8) is 0 Å². The fraction of sp³-hybridized carbons (Fsp3) is 0.676. The quantitative estimate of drug-likeness (QED) is 0.456. The van der Waals surface area contributed by atoms with E-state index < -0.39 is 29.6 Å². The number of fused-ring (bicyclic) bond motifs is 1. The van der Waals surface area contributed by atoms with Gasteiger partial charge in [-0.2, -0.15) is 0 Å². The lowest BCUT2D eigenvalue weighted by Crippen LogP contribution is -2.57.